The Bertz CT molecular complexity index is 1170. The Hall–Kier alpha value is -4.21. The van der Waals surface area contributed by atoms with Crippen molar-refractivity contribution in [3.63, 3.8) is 0 Å². The van der Waals surface area contributed by atoms with Crippen LogP contribution >= 0.6 is 0 Å². The zero-order valence-electron chi connectivity index (χ0n) is 21.6. The Morgan fingerprint density at radius 3 is 2.08 bits per heavy atom. The monoisotopic (exact) mass is 508 g/mol. The molecule has 0 radical (unpaired) electrons. The first-order chi connectivity index (χ1) is 18.1. The molecule has 0 unspecified atom stereocenters. The molecule has 0 bridgehead atoms. The quantitative estimate of drug-likeness (QED) is 0.409. The number of carbonyl (C=O) groups excluding carboxylic acids is 1. The predicted molar refractivity (Wildman–Crippen MR) is 139 cm³/mol. The highest BCUT2D eigenvalue weighted by Crippen LogP contribution is 2.40. The van der Waals surface area contributed by atoms with Crippen molar-refractivity contribution in [3.8, 4) is 40.0 Å². The first-order valence-electron chi connectivity index (χ1n) is 12.1. The summed E-state index contributed by atoms with van der Waals surface area (Å²) in [5, 5.41) is 8.84. The number of ether oxygens (including phenoxy) is 5. The van der Waals surface area contributed by atoms with E-state index < -0.39 is 0 Å². The molecular weight excluding hydrogens is 476 g/mol. The van der Waals surface area contributed by atoms with Crippen LogP contribution in [-0.4, -0.2) is 81.7 Å². The minimum Gasteiger partial charge on any atom is -0.494 e. The van der Waals surface area contributed by atoms with E-state index in [1.165, 1.54) is 0 Å². The van der Waals surface area contributed by atoms with Gasteiger partial charge in [0.05, 0.1) is 33.6 Å². The molecule has 1 fully saturated rings. The molecule has 10 heteroatoms. The second-order valence-corrected chi connectivity index (χ2v) is 8.26. The summed E-state index contributed by atoms with van der Waals surface area (Å²) in [5.74, 6) is 3.66. The molecule has 3 aromatic rings. The largest absolute Gasteiger partial charge is 0.494 e. The predicted octanol–water partition coefficient (Wildman–Crippen LogP) is 3.30. The van der Waals surface area contributed by atoms with Gasteiger partial charge in [-0.1, -0.05) is 6.07 Å². The number of piperazine rings is 1. The van der Waals surface area contributed by atoms with E-state index >= 15 is 0 Å². The van der Waals surface area contributed by atoms with Gasteiger partial charge in [0.2, 0.25) is 5.75 Å². The number of amides is 1. The molecule has 0 saturated carbocycles. The lowest BCUT2D eigenvalue weighted by Crippen LogP contribution is -2.50. The summed E-state index contributed by atoms with van der Waals surface area (Å²) >= 11 is 0. The lowest BCUT2D eigenvalue weighted by atomic mass is 10.1. The van der Waals surface area contributed by atoms with Gasteiger partial charge in [0.25, 0.3) is 5.91 Å². The molecule has 196 valence electrons. The highest BCUT2D eigenvalue weighted by atomic mass is 16.5. The molecule has 1 amide bonds. The molecule has 1 aliphatic rings. The lowest BCUT2D eigenvalue weighted by molar-refractivity contribution is -0.133. The Labute approximate surface area is 216 Å². The maximum Gasteiger partial charge on any atom is 0.260 e. The van der Waals surface area contributed by atoms with Gasteiger partial charge in [-0.05, 0) is 43.3 Å². The fourth-order valence-electron chi connectivity index (χ4n) is 4.12. The SMILES string of the molecule is CCOc1cccc(OCC(=O)N2CCN(c3ccc(-c4cc(OC)c(OC)c(OC)c4)nn3)CC2)c1. The Kier molecular flexibility index (Phi) is 8.50. The van der Waals surface area contributed by atoms with Gasteiger partial charge in [0.15, 0.2) is 23.9 Å². The van der Waals surface area contributed by atoms with E-state index in [0.29, 0.717) is 61.5 Å². The summed E-state index contributed by atoms with van der Waals surface area (Å²) in [5.41, 5.74) is 1.48. The number of benzene rings is 2. The van der Waals surface area contributed by atoms with Gasteiger partial charge in [-0.25, -0.2) is 0 Å². The van der Waals surface area contributed by atoms with E-state index in [0.717, 1.165) is 17.1 Å². The van der Waals surface area contributed by atoms with Crippen LogP contribution in [0, 0.1) is 0 Å². The molecule has 0 spiro atoms. The maximum atomic E-state index is 12.7. The third-order valence-corrected chi connectivity index (χ3v) is 6.05. The van der Waals surface area contributed by atoms with Crippen LogP contribution in [-0.2, 0) is 4.79 Å². The molecule has 2 heterocycles. The summed E-state index contributed by atoms with van der Waals surface area (Å²) < 4.78 is 27.4. The lowest BCUT2D eigenvalue weighted by Gasteiger charge is -2.35. The van der Waals surface area contributed by atoms with Gasteiger partial charge in [0.1, 0.15) is 11.5 Å². The van der Waals surface area contributed by atoms with E-state index in [-0.39, 0.29) is 12.5 Å². The summed E-state index contributed by atoms with van der Waals surface area (Å²) in [6.07, 6.45) is 0. The average molecular weight is 509 g/mol. The third kappa shape index (κ3) is 6.14. The Morgan fingerprint density at radius 2 is 1.51 bits per heavy atom. The number of hydrogen-bond donors (Lipinski definition) is 0. The van der Waals surface area contributed by atoms with E-state index in [9.17, 15) is 4.79 Å². The van der Waals surface area contributed by atoms with Crippen molar-refractivity contribution >= 4 is 11.7 Å². The highest BCUT2D eigenvalue weighted by Gasteiger charge is 2.23. The number of nitrogens with zero attached hydrogens (tertiary/aromatic N) is 4. The normalized spacial score (nSPS) is 13.2. The zero-order valence-corrected chi connectivity index (χ0v) is 21.6. The minimum atomic E-state index is -0.0507. The van der Waals surface area contributed by atoms with Crippen molar-refractivity contribution in [2.75, 3.05) is 65.6 Å². The standard InChI is InChI=1S/C27H32N4O6/c1-5-36-20-7-6-8-21(17-20)37-18-26(32)31-13-11-30(12-14-31)25-10-9-22(28-29-25)19-15-23(33-2)27(35-4)24(16-19)34-3/h6-10,15-17H,5,11-14,18H2,1-4H3. The first-order valence-corrected chi connectivity index (χ1v) is 12.1. The van der Waals surface area contributed by atoms with E-state index in [1.54, 1.807) is 32.3 Å². The molecule has 1 aromatic heterocycles. The van der Waals surface area contributed by atoms with Crippen molar-refractivity contribution in [2.45, 2.75) is 6.92 Å². The molecular formula is C27H32N4O6. The summed E-state index contributed by atoms with van der Waals surface area (Å²) in [6, 6.07) is 14.8. The molecule has 0 atom stereocenters. The second-order valence-electron chi connectivity index (χ2n) is 8.26. The van der Waals surface area contributed by atoms with Crippen LogP contribution in [0.5, 0.6) is 28.7 Å². The minimum absolute atomic E-state index is 0.0150. The maximum absolute atomic E-state index is 12.7. The zero-order chi connectivity index (χ0) is 26.2. The van der Waals surface area contributed by atoms with Crippen molar-refractivity contribution in [1.29, 1.82) is 0 Å². The number of hydrogen-bond acceptors (Lipinski definition) is 9. The van der Waals surface area contributed by atoms with Crippen LogP contribution < -0.4 is 28.6 Å². The van der Waals surface area contributed by atoms with Crippen molar-refractivity contribution in [1.82, 2.24) is 15.1 Å². The van der Waals surface area contributed by atoms with Crippen molar-refractivity contribution in [3.05, 3.63) is 48.5 Å². The molecule has 1 saturated heterocycles. The molecule has 10 nitrogen and oxygen atoms in total. The Morgan fingerprint density at radius 1 is 0.838 bits per heavy atom. The number of anilines is 1. The van der Waals surface area contributed by atoms with Gasteiger partial charge in [-0.15, -0.1) is 10.2 Å². The smallest absolute Gasteiger partial charge is 0.260 e. The number of carbonyl (C=O) groups is 1. The van der Waals surface area contributed by atoms with E-state index in [2.05, 4.69) is 15.1 Å². The van der Waals surface area contributed by atoms with Crippen LogP contribution in [0.3, 0.4) is 0 Å². The Balaban J connectivity index is 1.33. The molecule has 37 heavy (non-hydrogen) atoms. The molecule has 2 aromatic carbocycles. The van der Waals surface area contributed by atoms with Gasteiger partial charge in [-0.3, -0.25) is 4.79 Å². The highest BCUT2D eigenvalue weighted by molar-refractivity contribution is 5.78. The van der Waals surface area contributed by atoms with Crippen LogP contribution in [0.2, 0.25) is 0 Å². The fraction of sp³-hybridized carbons (Fsp3) is 0.370. The van der Waals surface area contributed by atoms with Gasteiger partial charge >= 0.3 is 0 Å². The van der Waals surface area contributed by atoms with E-state index in [4.69, 9.17) is 23.7 Å². The van der Waals surface area contributed by atoms with Gasteiger partial charge in [0, 0.05) is 37.8 Å². The fourth-order valence-corrected chi connectivity index (χ4v) is 4.12. The topological polar surface area (TPSA) is 95.5 Å². The van der Waals surface area contributed by atoms with Gasteiger partial charge < -0.3 is 33.5 Å². The molecule has 1 aliphatic heterocycles. The van der Waals surface area contributed by atoms with E-state index in [1.807, 2.05) is 49.4 Å². The second kappa shape index (κ2) is 12.2. The summed E-state index contributed by atoms with van der Waals surface area (Å²) in [7, 11) is 4.72. The number of aromatic nitrogens is 2. The van der Waals surface area contributed by atoms with Crippen LogP contribution in [0.4, 0.5) is 5.82 Å². The van der Waals surface area contributed by atoms with Crippen LogP contribution in [0.1, 0.15) is 6.92 Å². The number of methoxy groups -OCH3 is 3. The van der Waals surface area contributed by atoms with Crippen molar-refractivity contribution < 1.29 is 28.5 Å². The van der Waals surface area contributed by atoms with Crippen LogP contribution in [0.25, 0.3) is 11.3 Å². The average Bonchev–Trinajstić information content (AvgIpc) is 2.95. The summed E-state index contributed by atoms with van der Waals surface area (Å²) in [4.78, 5) is 16.6. The first kappa shape index (κ1) is 25.9. The number of rotatable bonds is 10. The molecule has 0 N–H and O–H groups in total. The summed E-state index contributed by atoms with van der Waals surface area (Å²) in [6.45, 7) is 4.96. The van der Waals surface area contributed by atoms with Crippen LogP contribution in [0.15, 0.2) is 48.5 Å². The third-order valence-electron chi connectivity index (χ3n) is 6.05. The molecule has 4 rings (SSSR count). The van der Waals surface area contributed by atoms with Gasteiger partial charge in [-0.2, -0.15) is 0 Å². The molecule has 0 aliphatic carbocycles. The van der Waals surface area contributed by atoms with Crippen molar-refractivity contribution in [2.24, 2.45) is 0 Å².